The van der Waals surface area contributed by atoms with Crippen molar-refractivity contribution in [3.8, 4) is 0 Å². The Morgan fingerprint density at radius 2 is 2.08 bits per heavy atom. The van der Waals surface area contributed by atoms with E-state index in [1.807, 2.05) is 38.1 Å². The molecule has 0 aliphatic carbocycles. The molecule has 1 aromatic heterocycles. The second-order valence-corrected chi connectivity index (χ2v) is 6.07. The minimum absolute atomic E-state index is 0.0195. The Morgan fingerprint density at radius 3 is 2.75 bits per heavy atom. The minimum atomic E-state index is -0.603. The molecule has 0 radical (unpaired) electrons. The number of hydrogen-bond donors (Lipinski definition) is 3. The fraction of sp³-hybridized carbons (Fsp3) is 0.353. The number of aromatic nitrogens is 2. The lowest BCUT2D eigenvalue weighted by atomic mass is 9.96. The number of H-pyrrole nitrogens is 2. The second kappa shape index (κ2) is 6.35. The Morgan fingerprint density at radius 1 is 1.33 bits per heavy atom. The molecule has 0 bridgehead atoms. The molecule has 2 amide bonds. The molecule has 7 nitrogen and oxygen atoms in total. The summed E-state index contributed by atoms with van der Waals surface area (Å²) in [7, 11) is 0. The number of imidazole rings is 1. The van der Waals surface area contributed by atoms with Gasteiger partial charge in [-0.25, -0.2) is 4.79 Å². The Labute approximate surface area is 139 Å². The van der Waals surface area contributed by atoms with Crippen molar-refractivity contribution in [2.45, 2.75) is 32.9 Å². The standard InChI is InChI=1S/C17H20N4O3/c1-3-10(2)14-15(22)19-12-7-5-4-6-11(12)9-21(14)16(23)13-8-18-17(24)20-13/h4-8,10,14H,3,9H2,1-2H3,(H,19,22)(H2,18,20,24)/t10-,14-/m0/s1. The molecule has 1 aliphatic rings. The first-order chi connectivity index (χ1) is 11.5. The van der Waals surface area contributed by atoms with E-state index in [9.17, 15) is 14.4 Å². The van der Waals surface area contributed by atoms with Crippen molar-refractivity contribution in [3.63, 3.8) is 0 Å². The lowest BCUT2D eigenvalue weighted by Crippen LogP contribution is -2.49. The summed E-state index contributed by atoms with van der Waals surface area (Å²) in [4.78, 5) is 43.4. The van der Waals surface area contributed by atoms with Crippen molar-refractivity contribution in [1.82, 2.24) is 14.9 Å². The highest BCUT2D eigenvalue weighted by Crippen LogP contribution is 2.28. The summed E-state index contributed by atoms with van der Waals surface area (Å²) in [5.74, 6) is -0.597. The Bertz CT molecular complexity index is 823. The zero-order chi connectivity index (χ0) is 17.3. The Hall–Kier alpha value is -2.83. The van der Waals surface area contributed by atoms with Gasteiger partial charge in [0.2, 0.25) is 5.91 Å². The number of anilines is 1. The average molecular weight is 328 g/mol. The molecule has 24 heavy (non-hydrogen) atoms. The number of hydrogen-bond acceptors (Lipinski definition) is 3. The van der Waals surface area contributed by atoms with Gasteiger partial charge in [-0.15, -0.1) is 0 Å². The van der Waals surface area contributed by atoms with E-state index in [1.54, 1.807) is 0 Å². The summed E-state index contributed by atoms with van der Waals surface area (Å²) in [5.41, 5.74) is 1.29. The van der Waals surface area contributed by atoms with E-state index in [-0.39, 0.29) is 23.4 Å². The van der Waals surface area contributed by atoms with E-state index < -0.39 is 11.7 Å². The van der Waals surface area contributed by atoms with E-state index >= 15 is 0 Å². The first kappa shape index (κ1) is 16.0. The van der Waals surface area contributed by atoms with Crippen molar-refractivity contribution in [2.24, 2.45) is 5.92 Å². The molecule has 3 N–H and O–H groups in total. The van der Waals surface area contributed by atoms with Crippen molar-refractivity contribution >= 4 is 17.5 Å². The van der Waals surface area contributed by atoms with Gasteiger partial charge in [0.15, 0.2) is 0 Å². The SMILES string of the molecule is CC[C@H](C)[C@H]1C(=O)Nc2ccccc2CN1C(=O)c1c[nH]c(=O)[nH]1. The van der Waals surface area contributed by atoms with Crippen LogP contribution in [-0.2, 0) is 11.3 Å². The van der Waals surface area contributed by atoms with Crippen LogP contribution in [0.3, 0.4) is 0 Å². The molecule has 2 atom stereocenters. The third kappa shape index (κ3) is 2.84. The van der Waals surface area contributed by atoms with Gasteiger partial charge in [0.05, 0.1) is 0 Å². The first-order valence-corrected chi connectivity index (χ1v) is 7.98. The van der Waals surface area contributed by atoms with Crippen LogP contribution in [-0.4, -0.2) is 32.7 Å². The number of amides is 2. The molecule has 7 heteroatoms. The monoisotopic (exact) mass is 328 g/mol. The van der Waals surface area contributed by atoms with Crippen LogP contribution in [0.4, 0.5) is 5.69 Å². The molecule has 0 unspecified atom stereocenters. The largest absolute Gasteiger partial charge is 0.324 e. The predicted molar refractivity (Wildman–Crippen MR) is 89.6 cm³/mol. The van der Waals surface area contributed by atoms with Gasteiger partial charge in [0.25, 0.3) is 5.91 Å². The van der Waals surface area contributed by atoms with Crippen LogP contribution in [0.2, 0.25) is 0 Å². The van der Waals surface area contributed by atoms with Crippen molar-refractivity contribution < 1.29 is 9.59 Å². The Balaban J connectivity index is 2.05. The minimum Gasteiger partial charge on any atom is -0.324 e. The highest BCUT2D eigenvalue weighted by Gasteiger charge is 2.37. The van der Waals surface area contributed by atoms with Gasteiger partial charge in [-0.3, -0.25) is 9.59 Å². The maximum absolute atomic E-state index is 12.9. The maximum atomic E-state index is 12.9. The van der Waals surface area contributed by atoms with Gasteiger partial charge in [-0.05, 0) is 17.5 Å². The summed E-state index contributed by atoms with van der Waals surface area (Å²) in [6, 6.07) is 6.82. The quantitative estimate of drug-likeness (QED) is 0.800. The maximum Gasteiger partial charge on any atom is 0.323 e. The number of para-hydroxylation sites is 1. The van der Waals surface area contributed by atoms with E-state index in [0.717, 1.165) is 12.0 Å². The molecule has 0 saturated carbocycles. The number of nitrogens with one attached hydrogen (secondary N) is 3. The summed E-state index contributed by atoms with van der Waals surface area (Å²) >= 11 is 0. The van der Waals surface area contributed by atoms with E-state index in [4.69, 9.17) is 0 Å². The van der Waals surface area contributed by atoms with E-state index in [2.05, 4.69) is 15.3 Å². The molecular formula is C17H20N4O3. The summed E-state index contributed by atoms with van der Waals surface area (Å²) in [5, 5.41) is 2.92. The fourth-order valence-electron chi connectivity index (χ4n) is 3.00. The van der Waals surface area contributed by atoms with Gasteiger partial charge in [0.1, 0.15) is 11.7 Å². The van der Waals surface area contributed by atoms with Crippen LogP contribution >= 0.6 is 0 Å². The molecule has 3 rings (SSSR count). The topological polar surface area (TPSA) is 98.1 Å². The number of rotatable bonds is 3. The smallest absolute Gasteiger partial charge is 0.323 e. The van der Waals surface area contributed by atoms with Crippen molar-refractivity contribution in [3.05, 3.63) is 52.2 Å². The summed E-state index contributed by atoms with van der Waals surface area (Å²) < 4.78 is 0. The highest BCUT2D eigenvalue weighted by atomic mass is 16.2. The van der Waals surface area contributed by atoms with Crippen LogP contribution in [0.25, 0.3) is 0 Å². The molecular weight excluding hydrogens is 308 g/mol. The predicted octanol–water partition coefficient (Wildman–Crippen LogP) is 1.71. The van der Waals surface area contributed by atoms with Gasteiger partial charge < -0.3 is 20.2 Å². The average Bonchev–Trinajstić information content (AvgIpc) is 2.94. The molecule has 1 aliphatic heterocycles. The normalized spacial score (nSPS) is 18.5. The van der Waals surface area contributed by atoms with E-state index in [1.165, 1.54) is 11.1 Å². The summed E-state index contributed by atoms with van der Waals surface area (Å²) in [6.45, 7) is 4.23. The van der Waals surface area contributed by atoms with Gasteiger partial charge in [-0.2, -0.15) is 0 Å². The highest BCUT2D eigenvalue weighted by molar-refractivity contribution is 6.01. The third-order valence-electron chi connectivity index (χ3n) is 4.49. The van der Waals surface area contributed by atoms with Crippen molar-refractivity contribution in [2.75, 3.05) is 5.32 Å². The molecule has 1 aromatic carbocycles. The van der Waals surface area contributed by atoms with Crippen LogP contribution in [0.5, 0.6) is 0 Å². The zero-order valence-corrected chi connectivity index (χ0v) is 13.6. The molecule has 0 spiro atoms. The Kier molecular flexibility index (Phi) is 4.24. The zero-order valence-electron chi connectivity index (χ0n) is 13.6. The third-order valence-corrected chi connectivity index (χ3v) is 4.49. The summed E-state index contributed by atoms with van der Waals surface area (Å²) in [6.07, 6.45) is 2.09. The van der Waals surface area contributed by atoms with Crippen LogP contribution in [0.15, 0.2) is 35.3 Å². The van der Waals surface area contributed by atoms with Crippen LogP contribution < -0.4 is 11.0 Å². The van der Waals surface area contributed by atoms with Crippen LogP contribution in [0, 0.1) is 5.92 Å². The molecule has 2 aromatic rings. The lowest BCUT2D eigenvalue weighted by Gasteiger charge is -2.32. The lowest BCUT2D eigenvalue weighted by molar-refractivity contribution is -0.122. The number of carbonyl (C=O) groups is 2. The van der Waals surface area contributed by atoms with Crippen LogP contribution in [0.1, 0.15) is 36.3 Å². The second-order valence-electron chi connectivity index (χ2n) is 6.07. The first-order valence-electron chi connectivity index (χ1n) is 7.98. The van der Waals surface area contributed by atoms with Gasteiger partial charge in [-0.1, -0.05) is 38.5 Å². The molecule has 2 heterocycles. The van der Waals surface area contributed by atoms with Gasteiger partial charge in [0, 0.05) is 18.4 Å². The number of aromatic amines is 2. The molecule has 126 valence electrons. The number of benzene rings is 1. The number of carbonyl (C=O) groups excluding carboxylic acids is 2. The molecule has 0 fully saturated rings. The van der Waals surface area contributed by atoms with E-state index in [0.29, 0.717) is 12.2 Å². The number of fused-ring (bicyclic) bond motifs is 1. The molecule has 0 saturated heterocycles. The van der Waals surface area contributed by atoms with Crippen molar-refractivity contribution in [1.29, 1.82) is 0 Å². The fourth-order valence-corrected chi connectivity index (χ4v) is 3.00. The number of nitrogens with zero attached hydrogens (tertiary/aromatic N) is 1. The van der Waals surface area contributed by atoms with Gasteiger partial charge >= 0.3 is 5.69 Å².